The molecule has 0 aliphatic carbocycles. The Morgan fingerprint density at radius 2 is 1.55 bits per heavy atom. The molecule has 1 N–H and O–H groups in total. The highest BCUT2D eigenvalue weighted by atomic mass is 35.5. The van der Waals surface area contributed by atoms with Gasteiger partial charge in [-0.2, -0.15) is 0 Å². The van der Waals surface area contributed by atoms with E-state index in [2.05, 4.69) is 5.32 Å². The monoisotopic (exact) mass is 637 g/mol. The molecular formula is C33H33ClFN3O5S. The van der Waals surface area contributed by atoms with E-state index in [1.807, 2.05) is 37.3 Å². The highest BCUT2D eigenvalue weighted by Crippen LogP contribution is 2.28. The normalized spacial score (nSPS) is 11.8. The number of carbonyl (C=O) groups is 2. The Morgan fingerprint density at radius 1 is 0.909 bits per heavy atom. The molecule has 0 aliphatic rings. The Hall–Kier alpha value is -4.41. The first-order valence-electron chi connectivity index (χ1n) is 13.9. The highest BCUT2D eigenvalue weighted by Gasteiger charge is 2.34. The molecule has 0 spiro atoms. The third-order valence-electron chi connectivity index (χ3n) is 6.93. The number of amides is 2. The summed E-state index contributed by atoms with van der Waals surface area (Å²) in [5.41, 5.74) is 1.57. The third kappa shape index (κ3) is 7.94. The van der Waals surface area contributed by atoms with Gasteiger partial charge < -0.3 is 15.0 Å². The molecule has 4 rings (SSSR count). The Morgan fingerprint density at radius 3 is 2.16 bits per heavy atom. The quantitative estimate of drug-likeness (QED) is 0.210. The molecule has 0 saturated carbocycles. The molecule has 0 bridgehead atoms. The van der Waals surface area contributed by atoms with Crippen molar-refractivity contribution < 1.29 is 27.1 Å². The average molecular weight is 638 g/mol. The van der Waals surface area contributed by atoms with Crippen molar-refractivity contribution >= 4 is 39.1 Å². The first-order chi connectivity index (χ1) is 21.1. The van der Waals surface area contributed by atoms with E-state index in [1.54, 1.807) is 36.4 Å². The molecule has 0 aliphatic heterocycles. The summed E-state index contributed by atoms with van der Waals surface area (Å²) in [5.74, 6) is -1.16. The summed E-state index contributed by atoms with van der Waals surface area (Å²) < 4.78 is 48.1. The second-order valence-corrected chi connectivity index (χ2v) is 12.1. The molecule has 0 unspecified atom stereocenters. The lowest BCUT2D eigenvalue weighted by atomic mass is 10.0. The minimum atomic E-state index is -4.36. The minimum Gasteiger partial charge on any atom is -0.494 e. The summed E-state index contributed by atoms with van der Waals surface area (Å²) in [7, 11) is -2.89. The summed E-state index contributed by atoms with van der Waals surface area (Å²) in [6.07, 6.45) is 0.171. The number of nitrogens with zero attached hydrogens (tertiary/aromatic N) is 2. The van der Waals surface area contributed by atoms with Gasteiger partial charge in [-0.3, -0.25) is 13.9 Å². The number of carbonyl (C=O) groups excluding carboxylic acids is 2. The van der Waals surface area contributed by atoms with Gasteiger partial charge in [0.2, 0.25) is 11.8 Å². The van der Waals surface area contributed by atoms with Crippen LogP contribution in [0.5, 0.6) is 5.75 Å². The molecule has 0 heterocycles. The van der Waals surface area contributed by atoms with Crippen LogP contribution < -0.4 is 14.4 Å². The van der Waals surface area contributed by atoms with Crippen molar-refractivity contribution in [3.63, 3.8) is 0 Å². The van der Waals surface area contributed by atoms with E-state index >= 15 is 0 Å². The van der Waals surface area contributed by atoms with Gasteiger partial charge in [-0.05, 0) is 72.6 Å². The Labute approximate surface area is 262 Å². The van der Waals surface area contributed by atoms with Gasteiger partial charge in [-0.15, -0.1) is 0 Å². The van der Waals surface area contributed by atoms with Gasteiger partial charge in [-0.25, -0.2) is 12.8 Å². The minimum absolute atomic E-state index is 0.0584. The number of sulfonamides is 1. The number of hydrogen-bond acceptors (Lipinski definition) is 5. The van der Waals surface area contributed by atoms with Crippen molar-refractivity contribution in [3.8, 4) is 5.75 Å². The number of ether oxygens (including phenoxy) is 1. The fourth-order valence-electron chi connectivity index (χ4n) is 4.67. The number of halogens is 2. The molecule has 0 fully saturated rings. The van der Waals surface area contributed by atoms with Crippen LogP contribution in [-0.2, 0) is 32.6 Å². The molecule has 44 heavy (non-hydrogen) atoms. The maximum absolute atomic E-state index is 14.3. The Balaban J connectivity index is 1.79. The van der Waals surface area contributed by atoms with Crippen LogP contribution in [-0.4, -0.2) is 51.4 Å². The van der Waals surface area contributed by atoms with Gasteiger partial charge >= 0.3 is 0 Å². The van der Waals surface area contributed by atoms with Crippen LogP contribution in [0, 0.1) is 5.82 Å². The van der Waals surface area contributed by atoms with Gasteiger partial charge in [0.15, 0.2) is 0 Å². The van der Waals surface area contributed by atoms with Crippen molar-refractivity contribution in [2.75, 3.05) is 24.5 Å². The van der Waals surface area contributed by atoms with Crippen LogP contribution in [0.25, 0.3) is 0 Å². The highest BCUT2D eigenvalue weighted by molar-refractivity contribution is 7.92. The van der Waals surface area contributed by atoms with Crippen LogP contribution in [0.15, 0.2) is 108 Å². The molecule has 0 aromatic heterocycles. The molecule has 4 aromatic carbocycles. The van der Waals surface area contributed by atoms with Crippen LogP contribution >= 0.6 is 11.6 Å². The second-order valence-electron chi connectivity index (χ2n) is 9.83. The predicted octanol–water partition coefficient (Wildman–Crippen LogP) is 5.46. The number of nitrogens with one attached hydrogen (secondary N) is 1. The van der Waals surface area contributed by atoms with Gasteiger partial charge in [0.05, 0.1) is 17.2 Å². The number of benzene rings is 4. The van der Waals surface area contributed by atoms with E-state index < -0.39 is 40.2 Å². The van der Waals surface area contributed by atoms with Crippen molar-refractivity contribution in [2.45, 2.75) is 30.8 Å². The van der Waals surface area contributed by atoms with E-state index in [0.29, 0.717) is 22.9 Å². The van der Waals surface area contributed by atoms with Crippen LogP contribution in [0.1, 0.15) is 18.1 Å². The van der Waals surface area contributed by atoms with Crippen molar-refractivity contribution in [2.24, 2.45) is 0 Å². The topological polar surface area (TPSA) is 96.0 Å². The lowest BCUT2D eigenvalue weighted by Gasteiger charge is -2.33. The fraction of sp³-hybridized carbons (Fsp3) is 0.212. The number of anilines is 1. The average Bonchev–Trinajstić information content (AvgIpc) is 3.03. The molecular weight excluding hydrogens is 605 g/mol. The largest absolute Gasteiger partial charge is 0.494 e. The summed E-state index contributed by atoms with van der Waals surface area (Å²) >= 11 is 6.47. The van der Waals surface area contributed by atoms with Crippen LogP contribution in [0.3, 0.4) is 0 Å². The second kappa shape index (κ2) is 14.9. The molecule has 0 saturated heterocycles. The first-order valence-corrected chi connectivity index (χ1v) is 15.8. The lowest BCUT2D eigenvalue weighted by Crippen LogP contribution is -2.53. The van der Waals surface area contributed by atoms with Crippen molar-refractivity contribution in [1.29, 1.82) is 0 Å². The number of hydrogen-bond donors (Lipinski definition) is 1. The summed E-state index contributed by atoms with van der Waals surface area (Å²) in [4.78, 5) is 28.8. The number of rotatable bonds is 13. The molecule has 2 amide bonds. The third-order valence-corrected chi connectivity index (χ3v) is 9.09. The zero-order valence-electron chi connectivity index (χ0n) is 24.3. The van der Waals surface area contributed by atoms with Gasteiger partial charge in [0.1, 0.15) is 24.2 Å². The zero-order valence-corrected chi connectivity index (χ0v) is 25.9. The van der Waals surface area contributed by atoms with Crippen LogP contribution in [0.4, 0.5) is 10.1 Å². The Bertz CT molecular complexity index is 1670. The SMILES string of the molecule is CCOc1ccc(N(CC(=O)N(Cc2ccccc2Cl)[C@H](Cc2ccccc2)C(=O)NC)S(=O)(=O)c2ccc(F)cc2)cc1. The van der Waals surface area contributed by atoms with Crippen LogP contribution in [0.2, 0.25) is 5.02 Å². The first kappa shape index (κ1) is 32.5. The molecule has 1 atom stereocenters. The summed E-state index contributed by atoms with van der Waals surface area (Å²) in [6, 6.07) is 25.7. The Kier molecular flexibility index (Phi) is 11.0. The molecule has 11 heteroatoms. The molecule has 230 valence electrons. The van der Waals surface area contributed by atoms with E-state index in [9.17, 15) is 22.4 Å². The van der Waals surface area contributed by atoms with Gasteiger partial charge in [-0.1, -0.05) is 60.1 Å². The molecule has 8 nitrogen and oxygen atoms in total. The lowest BCUT2D eigenvalue weighted by molar-refractivity contribution is -0.139. The standard InChI is InChI=1S/C33H33ClFN3O5S/c1-3-43-28-17-15-27(16-18-28)38(44(41,42)29-19-13-26(35)14-20-29)23-32(39)37(22-25-11-7-8-12-30(25)34)31(33(40)36-2)21-24-9-5-4-6-10-24/h4-20,31H,3,21-23H2,1-2H3,(H,36,40)/t31-/m1/s1. The van der Waals surface area contributed by atoms with Gasteiger partial charge in [0.25, 0.3) is 10.0 Å². The smallest absolute Gasteiger partial charge is 0.264 e. The van der Waals surface area contributed by atoms with E-state index in [1.165, 1.54) is 24.1 Å². The fourth-order valence-corrected chi connectivity index (χ4v) is 6.28. The maximum Gasteiger partial charge on any atom is 0.264 e. The van der Waals surface area contributed by atoms with E-state index in [0.717, 1.165) is 34.1 Å². The van der Waals surface area contributed by atoms with Crippen molar-refractivity contribution in [3.05, 3.63) is 125 Å². The van der Waals surface area contributed by atoms with E-state index in [4.69, 9.17) is 16.3 Å². The van der Waals surface area contributed by atoms with E-state index in [-0.39, 0.29) is 23.5 Å². The maximum atomic E-state index is 14.3. The predicted molar refractivity (Wildman–Crippen MR) is 169 cm³/mol. The summed E-state index contributed by atoms with van der Waals surface area (Å²) in [6.45, 7) is 1.52. The molecule has 0 radical (unpaired) electrons. The zero-order chi connectivity index (χ0) is 31.7. The van der Waals surface area contributed by atoms with Crippen molar-refractivity contribution in [1.82, 2.24) is 10.2 Å². The molecule has 4 aromatic rings. The summed E-state index contributed by atoms with van der Waals surface area (Å²) in [5, 5.41) is 3.03. The number of likely N-dealkylation sites (N-methyl/N-ethyl adjacent to an activating group) is 1. The van der Waals surface area contributed by atoms with Gasteiger partial charge in [0, 0.05) is 25.0 Å².